The fourth-order valence-electron chi connectivity index (χ4n) is 3.45. The molecule has 1 aliphatic rings. The van der Waals surface area contributed by atoms with Crippen molar-refractivity contribution in [2.75, 3.05) is 10.0 Å². The number of sulfonamides is 1. The molecule has 9 nitrogen and oxygen atoms in total. The molecule has 4 N–H and O–H groups in total. The number of aromatic nitrogens is 2. The molecule has 1 unspecified atom stereocenters. The van der Waals surface area contributed by atoms with Gasteiger partial charge in [-0.25, -0.2) is 8.42 Å². The molecule has 4 rings (SSSR count). The first-order valence-electron chi connectivity index (χ1n) is 11.2. The lowest BCUT2D eigenvalue weighted by molar-refractivity contribution is -0.120. The van der Waals surface area contributed by atoms with Crippen molar-refractivity contribution in [2.45, 2.75) is 51.0 Å². The molecular formula is C24H29N5O4S. The van der Waals surface area contributed by atoms with Gasteiger partial charge in [-0.05, 0) is 61.6 Å². The van der Waals surface area contributed by atoms with Crippen LogP contribution in [-0.4, -0.2) is 24.5 Å². The molecule has 1 amide bonds. The number of nitrogens with zero attached hydrogens (tertiary/aromatic N) is 2. The van der Waals surface area contributed by atoms with Crippen LogP contribution in [0.1, 0.15) is 52.0 Å². The number of nitrogens with two attached hydrogens (primary N) is 1. The fraction of sp³-hybridized carbons (Fsp3) is 0.375. The summed E-state index contributed by atoms with van der Waals surface area (Å²) < 4.78 is 33.8. The average Bonchev–Trinajstić information content (AvgIpc) is 3.35. The van der Waals surface area contributed by atoms with Crippen molar-refractivity contribution in [3.05, 3.63) is 54.4 Å². The summed E-state index contributed by atoms with van der Waals surface area (Å²) >= 11 is 0. The van der Waals surface area contributed by atoms with Gasteiger partial charge in [0, 0.05) is 22.4 Å². The van der Waals surface area contributed by atoms with Crippen molar-refractivity contribution in [3.8, 4) is 11.4 Å². The van der Waals surface area contributed by atoms with Gasteiger partial charge in [0.15, 0.2) is 0 Å². The maximum atomic E-state index is 13.0. The van der Waals surface area contributed by atoms with Crippen molar-refractivity contribution in [1.29, 1.82) is 0 Å². The van der Waals surface area contributed by atoms with Gasteiger partial charge in [-0.3, -0.25) is 9.52 Å². The van der Waals surface area contributed by atoms with E-state index >= 15 is 0 Å². The maximum absolute atomic E-state index is 13.0. The van der Waals surface area contributed by atoms with E-state index in [0.29, 0.717) is 35.2 Å². The van der Waals surface area contributed by atoms with Crippen molar-refractivity contribution >= 4 is 27.3 Å². The van der Waals surface area contributed by atoms with E-state index in [9.17, 15) is 13.2 Å². The average molecular weight is 484 g/mol. The SMILES string of the molecule is CC(C)CC(N)c1nc(-c2cccc(S(=O)(=O)Nc3ccc(NC(=O)C4(C)CC4)cc3)c2)no1. The summed E-state index contributed by atoms with van der Waals surface area (Å²) in [6, 6.07) is 12.5. The highest BCUT2D eigenvalue weighted by Gasteiger charge is 2.44. The Balaban J connectivity index is 1.46. The molecule has 1 saturated carbocycles. The molecule has 2 aromatic carbocycles. The van der Waals surface area contributed by atoms with Crippen LogP contribution in [0.2, 0.25) is 0 Å². The Morgan fingerprint density at radius 2 is 1.82 bits per heavy atom. The summed E-state index contributed by atoms with van der Waals surface area (Å²) in [4.78, 5) is 16.6. The zero-order valence-corrected chi connectivity index (χ0v) is 20.2. The Labute approximate surface area is 199 Å². The highest BCUT2D eigenvalue weighted by Crippen LogP contribution is 2.45. The number of nitrogens with one attached hydrogen (secondary N) is 2. The van der Waals surface area contributed by atoms with E-state index < -0.39 is 10.0 Å². The van der Waals surface area contributed by atoms with E-state index in [4.69, 9.17) is 10.3 Å². The number of rotatable bonds is 9. The third-order valence-corrected chi connectivity index (χ3v) is 7.21. The number of benzene rings is 2. The molecule has 0 aliphatic heterocycles. The molecule has 1 fully saturated rings. The number of anilines is 2. The lowest BCUT2D eigenvalue weighted by Crippen LogP contribution is -2.21. The Morgan fingerprint density at radius 3 is 2.47 bits per heavy atom. The largest absolute Gasteiger partial charge is 0.337 e. The van der Waals surface area contributed by atoms with Crippen LogP contribution in [0.4, 0.5) is 11.4 Å². The molecule has 0 radical (unpaired) electrons. The van der Waals surface area contributed by atoms with Gasteiger partial charge >= 0.3 is 0 Å². The lowest BCUT2D eigenvalue weighted by Gasteiger charge is -2.12. The Kier molecular flexibility index (Phi) is 6.46. The molecule has 0 bridgehead atoms. The quantitative estimate of drug-likeness (QED) is 0.411. The van der Waals surface area contributed by atoms with E-state index in [1.54, 1.807) is 36.4 Å². The van der Waals surface area contributed by atoms with Crippen molar-refractivity contribution < 1.29 is 17.7 Å². The van der Waals surface area contributed by atoms with Crippen LogP contribution < -0.4 is 15.8 Å². The minimum atomic E-state index is -3.87. The fourth-order valence-corrected chi connectivity index (χ4v) is 4.55. The first kappa shape index (κ1) is 23.9. The standard InChI is InChI=1S/C24H29N5O4S/c1-15(2)13-20(25)22-27-21(28-33-22)16-5-4-6-19(14-16)34(31,32)29-18-9-7-17(8-10-18)26-23(30)24(3)11-12-24/h4-10,14-15,20,29H,11-13,25H2,1-3H3,(H,26,30). The predicted octanol–water partition coefficient (Wildman–Crippen LogP) is 4.32. The topological polar surface area (TPSA) is 140 Å². The zero-order chi connectivity index (χ0) is 24.5. The van der Waals surface area contributed by atoms with Gasteiger partial charge in [0.05, 0.1) is 10.9 Å². The summed E-state index contributed by atoms with van der Waals surface area (Å²) in [5, 5.41) is 6.83. The Morgan fingerprint density at radius 1 is 1.15 bits per heavy atom. The molecule has 3 aromatic rings. The van der Waals surface area contributed by atoms with E-state index in [1.807, 2.05) is 6.92 Å². The van der Waals surface area contributed by atoms with E-state index in [0.717, 1.165) is 12.8 Å². The molecule has 10 heteroatoms. The molecule has 180 valence electrons. The lowest BCUT2D eigenvalue weighted by atomic mass is 10.0. The van der Waals surface area contributed by atoms with E-state index in [1.165, 1.54) is 12.1 Å². The first-order chi connectivity index (χ1) is 16.1. The van der Waals surface area contributed by atoms with Crippen LogP contribution in [0.25, 0.3) is 11.4 Å². The van der Waals surface area contributed by atoms with Crippen molar-refractivity contribution in [3.63, 3.8) is 0 Å². The highest BCUT2D eigenvalue weighted by molar-refractivity contribution is 7.92. The van der Waals surface area contributed by atoms with Gasteiger partial charge in [0.2, 0.25) is 17.6 Å². The maximum Gasteiger partial charge on any atom is 0.261 e. The van der Waals surface area contributed by atoms with Crippen LogP contribution in [-0.2, 0) is 14.8 Å². The molecule has 1 atom stereocenters. The van der Waals surface area contributed by atoms with Crippen LogP contribution in [0, 0.1) is 11.3 Å². The normalized spacial score (nSPS) is 15.7. The van der Waals surface area contributed by atoms with Crippen LogP contribution in [0.15, 0.2) is 57.9 Å². The number of hydrogen-bond acceptors (Lipinski definition) is 7. The number of amides is 1. The zero-order valence-electron chi connectivity index (χ0n) is 19.4. The van der Waals surface area contributed by atoms with Crippen LogP contribution in [0.3, 0.4) is 0 Å². The Hall–Kier alpha value is -3.24. The predicted molar refractivity (Wildman–Crippen MR) is 129 cm³/mol. The van der Waals surface area contributed by atoms with Gasteiger partial charge in [-0.2, -0.15) is 4.98 Å². The molecule has 34 heavy (non-hydrogen) atoms. The second kappa shape index (κ2) is 9.19. The smallest absolute Gasteiger partial charge is 0.261 e. The molecular weight excluding hydrogens is 454 g/mol. The Bertz CT molecular complexity index is 1280. The second-order valence-electron chi connectivity index (χ2n) is 9.42. The third kappa shape index (κ3) is 5.45. The number of hydrogen-bond donors (Lipinski definition) is 3. The van der Waals surface area contributed by atoms with E-state index in [-0.39, 0.29) is 28.1 Å². The van der Waals surface area contributed by atoms with Crippen molar-refractivity contribution in [1.82, 2.24) is 10.1 Å². The number of carbonyl (C=O) groups excluding carboxylic acids is 1. The summed E-state index contributed by atoms with van der Waals surface area (Å²) in [6.07, 6.45) is 2.46. The van der Waals surface area contributed by atoms with Gasteiger partial charge in [0.1, 0.15) is 0 Å². The van der Waals surface area contributed by atoms with Gasteiger partial charge in [-0.1, -0.05) is 38.1 Å². The monoisotopic (exact) mass is 483 g/mol. The van der Waals surface area contributed by atoms with Crippen LogP contribution in [0.5, 0.6) is 0 Å². The van der Waals surface area contributed by atoms with E-state index in [2.05, 4.69) is 34.0 Å². The molecule has 1 aliphatic carbocycles. The second-order valence-corrected chi connectivity index (χ2v) is 11.1. The number of carbonyl (C=O) groups is 1. The van der Waals surface area contributed by atoms with Gasteiger partial charge < -0.3 is 15.6 Å². The summed E-state index contributed by atoms with van der Waals surface area (Å²) in [5.41, 5.74) is 7.32. The summed E-state index contributed by atoms with van der Waals surface area (Å²) in [7, 11) is -3.87. The van der Waals surface area contributed by atoms with Crippen LogP contribution >= 0.6 is 0 Å². The first-order valence-corrected chi connectivity index (χ1v) is 12.7. The highest BCUT2D eigenvalue weighted by atomic mass is 32.2. The third-order valence-electron chi connectivity index (χ3n) is 5.83. The summed E-state index contributed by atoms with van der Waals surface area (Å²) in [5.74, 6) is 0.942. The van der Waals surface area contributed by atoms with Gasteiger partial charge in [-0.15, -0.1) is 0 Å². The minimum Gasteiger partial charge on any atom is -0.337 e. The summed E-state index contributed by atoms with van der Waals surface area (Å²) in [6.45, 7) is 6.03. The molecule has 1 heterocycles. The molecule has 0 spiro atoms. The molecule has 1 aromatic heterocycles. The minimum absolute atomic E-state index is 0.0209. The molecule has 0 saturated heterocycles. The van der Waals surface area contributed by atoms with Crippen molar-refractivity contribution in [2.24, 2.45) is 17.1 Å². The van der Waals surface area contributed by atoms with Gasteiger partial charge in [0.25, 0.3) is 10.0 Å².